The first kappa shape index (κ1) is 11.8. The fourth-order valence-corrected chi connectivity index (χ4v) is 3.89. The predicted molar refractivity (Wildman–Crippen MR) is 72.5 cm³/mol. The summed E-state index contributed by atoms with van der Waals surface area (Å²) >= 11 is 1.35. The molecule has 3 aliphatic heterocycles. The quantitative estimate of drug-likeness (QED) is 0.650. The van der Waals surface area contributed by atoms with Gasteiger partial charge in [0, 0.05) is 24.6 Å². The van der Waals surface area contributed by atoms with Gasteiger partial charge in [0.05, 0.1) is 11.3 Å². The number of thioether (sulfide) groups is 1. The van der Waals surface area contributed by atoms with Crippen LogP contribution in [-0.2, 0) is 22.6 Å². The van der Waals surface area contributed by atoms with E-state index in [1.54, 1.807) is 6.08 Å². The topological polar surface area (TPSA) is 75.4 Å². The van der Waals surface area contributed by atoms with Crippen molar-refractivity contribution in [3.8, 4) is 0 Å². The van der Waals surface area contributed by atoms with E-state index in [4.69, 9.17) is 5.11 Å². The number of nitrogens with zero attached hydrogens (tertiary/aromatic N) is 3. The molecule has 1 aromatic rings. The molecule has 0 bridgehead atoms. The number of β-lactam (4-membered cyclic amide) rings is 1. The van der Waals surface area contributed by atoms with Gasteiger partial charge in [0.15, 0.2) is 0 Å². The monoisotopic (exact) mass is 289 g/mol. The van der Waals surface area contributed by atoms with Crippen molar-refractivity contribution in [3.05, 3.63) is 34.4 Å². The number of hydrogen-bond donors (Lipinski definition) is 1. The van der Waals surface area contributed by atoms with Gasteiger partial charge in [-0.25, -0.2) is 9.78 Å². The summed E-state index contributed by atoms with van der Waals surface area (Å²) in [6, 6.07) is 0. The van der Waals surface area contributed by atoms with Gasteiger partial charge in [-0.3, -0.25) is 9.69 Å². The molecule has 0 saturated carbocycles. The predicted octanol–water partition coefficient (Wildman–Crippen LogP) is 1.05. The number of hydrogen-bond acceptors (Lipinski definition) is 4. The van der Waals surface area contributed by atoms with Gasteiger partial charge in [-0.1, -0.05) is 0 Å². The standard InChI is InChI=1S/C13H11N3O3S/c17-11-8(12-16(11)9(6-20-12)13(18)19)4-7-5-15-3-1-2-10(15)14-7/h4-6,12H,1-3H2,(H,18,19)/b8-4-/t12-/m1/s1. The Labute approximate surface area is 118 Å². The third kappa shape index (κ3) is 1.49. The van der Waals surface area contributed by atoms with E-state index in [2.05, 4.69) is 9.55 Å². The summed E-state index contributed by atoms with van der Waals surface area (Å²) in [5.41, 5.74) is 1.47. The maximum atomic E-state index is 12.0. The second-order valence-corrected chi connectivity index (χ2v) is 5.90. The lowest BCUT2D eigenvalue weighted by Gasteiger charge is -2.36. The summed E-state index contributed by atoms with van der Waals surface area (Å²) in [6.07, 6.45) is 5.83. The van der Waals surface area contributed by atoms with Gasteiger partial charge >= 0.3 is 5.97 Å². The summed E-state index contributed by atoms with van der Waals surface area (Å²) in [6.45, 7) is 0.981. The SMILES string of the molecule is O=C(O)C1=CS[C@@H]2/C(=C\c3cn4c(n3)CCC4)C(=O)N12. The summed E-state index contributed by atoms with van der Waals surface area (Å²) in [7, 11) is 0. The maximum Gasteiger partial charge on any atom is 0.353 e. The Bertz CT molecular complexity index is 682. The van der Waals surface area contributed by atoms with Gasteiger partial charge in [0.25, 0.3) is 5.91 Å². The minimum absolute atomic E-state index is 0.0643. The Morgan fingerprint density at radius 2 is 2.40 bits per heavy atom. The van der Waals surface area contributed by atoms with Crippen LogP contribution in [0.3, 0.4) is 0 Å². The van der Waals surface area contributed by atoms with Crippen LogP contribution in [0.15, 0.2) is 22.9 Å². The van der Waals surface area contributed by atoms with Crippen molar-refractivity contribution in [1.29, 1.82) is 0 Å². The third-order valence-electron chi connectivity index (χ3n) is 3.73. The van der Waals surface area contributed by atoms with Crippen LogP contribution >= 0.6 is 11.8 Å². The van der Waals surface area contributed by atoms with Gasteiger partial charge in [0.2, 0.25) is 0 Å². The number of carbonyl (C=O) groups excluding carboxylic acids is 1. The van der Waals surface area contributed by atoms with E-state index >= 15 is 0 Å². The van der Waals surface area contributed by atoms with Gasteiger partial charge in [-0.05, 0) is 12.5 Å². The van der Waals surface area contributed by atoms with Crippen LogP contribution in [0.2, 0.25) is 0 Å². The molecule has 0 spiro atoms. The van der Waals surface area contributed by atoms with Crippen LogP contribution in [-0.4, -0.2) is 36.8 Å². The zero-order chi connectivity index (χ0) is 13.9. The molecule has 6 nitrogen and oxygen atoms in total. The van der Waals surface area contributed by atoms with Crippen molar-refractivity contribution < 1.29 is 14.7 Å². The van der Waals surface area contributed by atoms with E-state index in [1.165, 1.54) is 22.1 Å². The average Bonchev–Trinajstić information content (AvgIpc) is 3.07. The molecular formula is C13H11N3O3S. The fraction of sp³-hybridized carbons (Fsp3) is 0.308. The molecule has 1 saturated heterocycles. The Hall–Kier alpha value is -2.02. The smallest absolute Gasteiger partial charge is 0.353 e. The molecule has 0 aliphatic carbocycles. The number of carbonyl (C=O) groups is 2. The molecule has 4 rings (SSSR count). The van der Waals surface area contributed by atoms with E-state index in [0.717, 1.165) is 30.9 Å². The normalized spacial score (nSPS) is 25.5. The number of fused-ring (bicyclic) bond motifs is 2. The van der Waals surface area contributed by atoms with Crippen LogP contribution in [0.1, 0.15) is 17.9 Å². The number of amides is 1. The summed E-state index contributed by atoms with van der Waals surface area (Å²) in [5, 5.41) is 10.3. The molecule has 20 heavy (non-hydrogen) atoms. The van der Waals surface area contributed by atoms with Gasteiger partial charge in [-0.2, -0.15) is 0 Å². The Balaban J connectivity index is 1.61. The van der Waals surface area contributed by atoms with Crippen LogP contribution in [0.5, 0.6) is 0 Å². The molecule has 102 valence electrons. The maximum absolute atomic E-state index is 12.0. The number of rotatable bonds is 2. The highest BCUT2D eigenvalue weighted by Crippen LogP contribution is 2.45. The molecule has 0 radical (unpaired) electrons. The van der Waals surface area contributed by atoms with Crippen molar-refractivity contribution in [2.24, 2.45) is 0 Å². The van der Waals surface area contributed by atoms with Crippen LogP contribution < -0.4 is 0 Å². The van der Waals surface area contributed by atoms with Crippen molar-refractivity contribution in [2.75, 3.05) is 0 Å². The molecule has 1 aromatic heterocycles. The van der Waals surface area contributed by atoms with Crippen molar-refractivity contribution in [3.63, 3.8) is 0 Å². The lowest BCUT2D eigenvalue weighted by molar-refractivity contribution is -0.141. The van der Waals surface area contributed by atoms with Crippen LogP contribution in [0.4, 0.5) is 0 Å². The molecule has 3 aliphatic rings. The van der Waals surface area contributed by atoms with Gasteiger partial charge in [0.1, 0.15) is 16.9 Å². The number of aryl methyl sites for hydroxylation is 2. The Morgan fingerprint density at radius 3 is 3.15 bits per heavy atom. The summed E-state index contributed by atoms with van der Waals surface area (Å²) < 4.78 is 2.11. The first-order valence-electron chi connectivity index (χ1n) is 6.35. The largest absolute Gasteiger partial charge is 0.477 e. The average molecular weight is 289 g/mol. The highest BCUT2D eigenvalue weighted by molar-refractivity contribution is 8.03. The molecular weight excluding hydrogens is 278 g/mol. The van der Waals surface area contributed by atoms with Crippen molar-refractivity contribution in [2.45, 2.75) is 24.8 Å². The van der Waals surface area contributed by atoms with Crippen molar-refractivity contribution >= 4 is 29.7 Å². The number of carboxylic acids is 1. The summed E-state index contributed by atoms with van der Waals surface area (Å²) in [5.74, 6) is -0.237. The number of aliphatic carboxylic acids is 1. The fourth-order valence-electron chi connectivity index (χ4n) is 2.77. The first-order valence-corrected chi connectivity index (χ1v) is 7.29. The number of aromatic nitrogens is 2. The molecule has 4 heterocycles. The highest BCUT2D eigenvalue weighted by Gasteiger charge is 2.49. The number of imidazole rings is 1. The van der Waals surface area contributed by atoms with Gasteiger partial charge < -0.3 is 9.67 Å². The highest BCUT2D eigenvalue weighted by atomic mass is 32.2. The van der Waals surface area contributed by atoms with E-state index in [9.17, 15) is 9.59 Å². The van der Waals surface area contributed by atoms with Gasteiger partial charge in [-0.15, -0.1) is 11.8 Å². The molecule has 1 amide bonds. The van der Waals surface area contributed by atoms with E-state index in [-0.39, 0.29) is 17.0 Å². The zero-order valence-electron chi connectivity index (χ0n) is 10.4. The molecule has 1 N–H and O–H groups in total. The number of carboxylic acid groups (broad SMARTS) is 1. The lowest BCUT2D eigenvalue weighted by atomic mass is 10.0. The van der Waals surface area contributed by atoms with Crippen molar-refractivity contribution in [1.82, 2.24) is 14.5 Å². The second-order valence-electron chi connectivity index (χ2n) is 4.95. The Kier molecular flexibility index (Phi) is 2.35. The van der Waals surface area contributed by atoms with E-state index in [0.29, 0.717) is 5.57 Å². The third-order valence-corrected chi connectivity index (χ3v) is 4.82. The zero-order valence-corrected chi connectivity index (χ0v) is 11.3. The minimum Gasteiger partial charge on any atom is -0.477 e. The molecule has 7 heteroatoms. The van der Waals surface area contributed by atoms with E-state index < -0.39 is 5.97 Å². The Morgan fingerprint density at radius 1 is 1.55 bits per heavy atom. The molecule has 0 aromatic carbocycles. The molecule has 0 unspecified atom stereocenters. The first-order chi connectivity index (χ1) is 9.65. The van der Waals surface area contributed by atoms with Crippen LogP contribution in [0, 0.1) is 0 Å². The second kappa shape index (κ2) is 3.99. The summed E-state index contributed by atoms with van der Waals surface area (Å²) in [4.78, 5) is 28.8. The van der Waals surface area contributed by atoms with E-state index in [1.807, 2.05) is 6.20 Å². The van der Waals surface area contributed by atoms with Crippen LogP contribution in [0.25, 0.3) is 6.08 Å². The minimum atomic E-state index is -1.06. The molecule has 1 atom stereocenters. The lowest BCUT2D eigenvalue weighted by Crippen LogP contribution is -2.51. The molecule has 1 fully saturated rings.